The highest BCUT2D eigenvalue weighted by Gasteiger charge is 2.25. The molecule has 0 saturated carbocycles. The fraction of sp³-hybridized carbons (Fsp3) is 0.462. The molecule has 0 spiro atoms. The molecule has 0 aliphatic heterocycles. The lowest BCUT2D eigenvalue weighted by atomic mass is 10.1. The summed E-state index contributed by atoms with van der Waals surface area (Å²) < 4.78 is 26.6. The molecule has 0 aliphatic carbocycles. The second-order valence-electron chi connectivity index (χ2n) is 4.07. The summed E-state index contributed by atoms with van der Waals surface area (Å²) in [6.45, 7) is 1.84. The first-order valence-corrected chi connectivity index (χ1v) is 7.56. The molecule has 0 aromatic heterocycles. The van der Waals surface area contributed by atoms with Crippen LogP contribution in [-0.2, 0) is 10.0 Å². The van der Waals surface area contributed by atoms with Crippen molar-refractivity contribution < 1.29 is 8.42 Å². The first kappa shape index (κ1) is 14.7. The van der Waals surface area contributed by atoms with E-state index < -0.39 is 15.3 Å². The average Bonchev–Trinajstić information content (AvgIpc) is 2.38. The van der Waals surface area contributed by atoms with Crippen LogP contribution in [0.4, 0.5) is 0 Å². The topological polar surface area (TPSA) is 70.0 Å². The molecule has 5 heteroatoms. The summed E-state index contributed by atoms with van der Waals surface area (Å²) in [5, 5.41) is 7.90. The summed E-state index contributed by atoms with van der Waals surface area (Å²) in [6.07, 6.45) is 2.35. The van der Waals surface area contributed by atoms with Gasteiger partial charge in [0.05, 0.1) is 12.6 Å². The summed E-state index contributed by atoms with van der Waals surface area (Å²) >= 11 is 0. The molecule has 1 unspecified atom stereocenters. The number of nitrogens with one attached hydrogen (secondary N) is 1. The van der Waals surface area contributed by atoms with Crippen molar-refractivity contribution in [1.29, 1.82) is 5.26 Å². The maximum absolute atomic E-state index is 12.1. The Kier molecular flexibility index (Phi) is 5.83. The maximum atomic E-state index is 12.1. The summed E-state index contributed by atoms with van der Waals surface area (Å²) in [6, 6.07) is 10.9. The zero-order valence-electron chi connectivity index (χ0n) is 10.5. The van der Waals surface area contributed by atoms with Crippen molar-refractivity contribution >= 4 is 10.0 Å². The average molecular weight is 266 g/mol. The van der Waals surface area contributed by atoms with Crippen molar-refractivity contribution in [3.63, 3.8) is 0 Å². The molecule has 1 N–H and O–H groups in total. The van der Waals surface area contributed by atoms with Crippen LogP contribution in [0.3, 0.4) is 0 Å². The van der Waals surface area contributed by atoms with Gasteiger partial charge in [-0.1, -0.05) is 50.1 Å². The van der Waals surface area contributed by atoms with Crippen molar-refractivity contribution in [2.45, 2.75) is 31.4 Å². The Morgan fingerprint density at radius 2 is 2.00 bits per heavy atom. The Hall–Kier alpha value is -1.38. The Bertz CT molecular complexity index is 491. The summed E-state index contributed by atoms with van der Waals surface area (Å²) in [7, 11) is -3.48. The van der Waals surface area contributed by atoms with Crippen LogP contribution < -0.4 is 4.72 Å². The summed E-state index contributed by atoms with van der Waals surface area (Å²) in [5.74, 6) is 0. The van der Waals surface area contributed by atoms with Crippen LogP contribution in [0.15, 0.2) is 30.3 Å². The highest BCUT2D eigenvalue weighted by molar-refractivity contribution is 7.89. The lowest BCUT2D eigenvalue weighted by Gasteiger charge is -2.17. The van der Waals surface area contributed by atoms with Gasteiger partial charge >= 0.3 is 0 Å². The second-order valence-corrected chi connectivity index (χ2v) is 6.01. The van der Waals surface area contributed by atoms with Crippen molar-refractivity contribution in [3.05, 3.63) is 35.9 Å². The third-order valence-electron chi connectivity index (χ3n) is 2.72. The van der Waals surface area contributed by atoms with Gasteiger partial charge in [-0.2, -0.15) is 5.26 Å². The zero-order chi connectivity index (χ0) is 13.4. The first-order chi connectivity index (χ1) is 8.61. The lowest BCUT2D eigenvalue weighted by molar-refractivity contribution is 0.558. The molecule has 1 aromatic carbocycles. The number of rotatable bonds is 7. The molecule has 1 rings (SSSR count). The van der Waals surface area contributed by atoms with Gasteiger partial charge in [0.25, 0.3) is 0 Å². The Labute approximate surface area is 109 Å². The third-order valence-corrected chi connectivity index (χ3v) is 4.52. The van der Waals surface area contributed by atoms with Crippen molar-refractivity contribution in [2.75, 3.05) is 6.54 Å². The molecule has 0 bridgehead atoms. The van der Waals surface area contributed by atoms with Crippen molar-refractivity contribution in [2.24, 2.45) is 0 Å². The van der Waals surface area contributed by atoms with Crippen LogP contribution in [0.1, 0.15) is 37.0 Å². The Balaban J connectivity index is 2.95. The van der Waals surface area contributed by atoms with E-state index in [2.05, 4.69) is 4.72 Å². The van der Waals surface area contributed by atoms with E-state index in [1.54, 1.807) is 6.07 Å². The van der Waals surface area contributed by atoms with E-state index >= 15 is 0 Å². The van der Waals surface area contributed by atoms with Gasteiger partial charge < -0.3 is 0 Å². The summed E-state index contributed by atoms with van der Waals surface area (Å²) in [5.41, 5.74) is 0.774. The second kappa shape index (κ2) is 7.14. The number of hydrogen-bond donors (Lipinski definition) is 1. The molecule has 0 aliphatic rings. The van der Waals surface area contributed by atoms with E-state index in [0.717, 1.165) is 18.4 Å². The Morgan fingerprint density at radius 1 is 1.33 bits per heavy atom. The molecular formula is C13H18N2O2S. The van der Waals surface area contributed by atoms with Crippen molar-refractivity contribution in [1.82, 2.24) is 4.72 Å². The quantitative estimate of drug-likeness (QED) is 0.770. The van der Waals surface area contributed by atoms with Crippen LogP contribution in [0.2, 0.25) is 0 Å². The van der Waals surface area contributed by atoms with Gasteiger partial charge in [-0.25, -0.2) is 13.1 Å². The fourth-order valence-corrected chi connectivity index (χ4v) is 3.25. The molecule has 0 saturated heterocycles. The molecule has 4 nitrogen and oxygen atoms in total. The van der Waals surface area contributed by atoms with Crippen LogP contribution in [0.5, 0.6) is 0 Å². The first-order valence-electron chi connectivity index (χ1n) is 6.02. The molecular weight excluding hydrogens is 248 g/mol. The number of nitriles is 1. The fourth-order valence-electron chi connectivity index (χ4n) is 1.79. The number of hydrogen-bond acceptors (Lipinski definition) is 3. The highest BCUT2D eigenvalue weighted by Crippen LogP contribution is 2.26. The Morgan fingerprint density at radius 3 is 2.56 bits per heavy atom. The molecule has 98 valence electrons. The largest absolute Gasteiger partial charge is 0.219 e. The smallest absolute Gasteiger partial charge is 0.212 e. The normalized spacial score (nSPS) is 12.9. The molecule has 0 fully saturated rings. The van der Waals surface area contributed by atoms with Crippen LogP contribution >= 0.6 is 0 Å². The molecule has 1 aromatic rings. The zero-order valence-corrected chi connectivity index (χ0v) is 11.3. The van der Waals surface area contributed by atoms with E-state index in [4.69, 9.17) is 5.26 Å². The van der Waals surface area contributed by atoms with E-state index in [9.17, 15) is 8.42 Å². The standard InChI is InChI=1S/C13H18N2O2S/c1-2-3-9-13(12-7-5-4-6-8-12)18(16,17)15-11-10-14/h4-8,13,15H,2-3,9,11H2,1H3. The van der Waals surface area contributed by atoms with Crippen molar-refractivity contribution in [3.8, 4) is 6.07 Å². The highest BCUT2D eigenvalue weighted by atomic mass is 32.2. The number of unbranched alkanes of at least 4 members (excludes halogenated alkanes) is 1. The molecule has 18 heavy (non-hydrogen) atoms. The number of benzene rings is 1. The van der Waals surface area contributed by atoms with Gasteiger partial charge in [0.1, 0.15) is 5.25 Å². The van der Waals surface area contributed by atoms with E-state index in [0.29, 0.717) is 6.42 Å². The molecule has 0 amide bonds. The third kappa shape index (κ3) is 4.13. The van der Waals surface area contributed by atoms with Gasteiger partial charge in [0, 0.05) is 0 Å². The minimum Gasteiger partial charge on any atom is -0.212 e. The number of nitrogens with zero attached hydrogens (tertiary/aromatic N) is 1. The molecule has 1 atom stereocenters. The summed E-state index contributed by atoms with van der Waals surface area (Å²) in [4.78, 5) is 0. The SMILES string of the molecule is CCCCC(c1ccccc1)S(=O)(=O)NCC#N. The predicted molar refractivity (Wildman–Crippen MR) is 71.2 cm³/mol. The van der Waals surface area contributed by atoms with Gasteiger partial charge in [0.15, 0.2) is 0 Å². The molecule has 0 heterocycles. The number of sulfonamides is 1. The predicted octanol–water partition coefficient (Wildman–Crippen LogP) is 2.36. The maximum Gasteiger partial charge on any atom is 0.219 e. The van der Waals surface area contributed by atoms with Crippen LogP contribution in [0, 0.1) is 11.3 Å². The van der Waals surface area contributed by atoms with E-state index in [1.807, 2.05) is 37.3 Å². The minimum absolute atomic E-state index is 0.183. The van der Waals surface area contributed by atoms with E-state index in [1.165, 1.54) is 0 Å². The van der Waals surface area contributed by atoms with Gasteiger partial charge in [0.2, 0.25) is 10.0 Å². The van der Waals surface area contributed by atoms with Crippen LogP contribution in [-0.4, -0.2) is 15.0 Å². The van der Waals surface area contributed by atoms with Gasteiger partial charge in [-0.05, 0) is 12.0 Å². The van der Waals surface area contributed by atoms with Gasteiger partial charge in [-0.15, -0.1) is 0 Å². The van der Waals surface area contributed by atoms with E-state index in [-0.39, 0.29) is 6.54 Å². The van der Waals surface area contributed by atoms with Gasteiger partial charge in [-0.3, -0.25) is 0 Å². The monoisotopic (exact) mass is 266 g/mol. The molecule has 0 radical (unpaired) electrons. The van der Waals surface area contributed by atoms with Crippen LogP contribution in [0.25, 0.3) is 0 Å². The minimum atomic E-state index is -3.48. The lowest BCUT2D eigenvalue weighted by Crippen LogP contribution is -2.29.